The molecule has 0 spiro atoms. The zero-order valence-electron chi connectivity index (χ0n) is 12.5. The van der Waals surface area contributed by atoms with E-state index in [2.05, 4.69) is 0 Å². The Kier molecular flexibility index (Phi) is 44.7. The van der Waals surface area contributed by atoms with Crippen LogP contribution in [0.3, 0.4) is 0 Å². The van der Waals surface area contributed by atoms with E-state index in [1.165, 1.54) is 0 Å². The summed E-state index contributed by atoms with van der Waals surface area (Å²) in [5.41, 5.74) is 0. The van der Waals surface area contributed by atoms with Gasteiger partial charge in [0.25, 0.3) is 0 Å². The van der Waals surface area contributed by atoms with Crippen molar-refractivity contribution in [2.24, 2.45) is 0 Å². The van der Waals surface area contributed by atoms with Crippen LogP contribution in [0.15, 0.2) is 0 Å². The second-order valence-electron chi connectivity index (χ2n) is 1.05. The summed E-state index contributed by atoms with van der Waals surface area (Å²) in [5.74, 6) is 0. The summed E-state index contributed by atoms with van der Waals surface area (Å²) in [6, 6.07) is 0. The SMILES string of the molecule is O=S(=O)(O)O.O[Si](O)(O)O.[AlH3].[Ba+2].[H-].[H-].[H-].[H-].[H-].[H-].[Mg+2].[Sr+2]. The number of hydrogen-bond donors (Lipinski definition) is 6. The molecule has 0 saturated carbocycles. The van der Waals surface area contributed by atoms with Crippen molar-refractivity contribution in [3.05, 3.63) is 0 Å². The van der Waals surface area contributed by atoms with Gasteiger partial charge in [0.05, 0.1) is 0 Å². The van der Waals surface area contributed by atoms with Gasteiger partial charge in [0.2, 0.25) is 0 Å². The predicted molar refractivity (Wildman–Crippen MR) is 62.7 cm³/mol. The molecule has 14 heteroatoms. The van der Waals surface area contributed by atoms with E-state index in [-0.39, 0.29) is 143 Å². The molecule has 0 saturated heterocycles. The van der Waals surface area contributed by atoms with Gasteiger partial charge in [-0.15, -0.1) is 0 Å². The summed E-state index contributed by atoms with van der Waals surface area (Å²) >= 11 is 0. The summed E-state index contributed by atoms with van der Waals surface area (Å²) in [7, 11) is -9.28. The fourth-order valence-electron chi connectivity index (χ4n) is 0. The molecule has 0 aliphatic carbocycles. The van der Waals surface area contributed by atoms with Gasteiger partial charge >= 0.3 is 137 Å². The molecule has 0 aliphatic rings. The van der Waals surface area contributed by atoms with Crippen molar-refractivity contribution in [1.29, 1.82) is 0 Å². The molecule has 0 unspecified atom stereocenters. The Morgan fingerprint density at radius 3 is 1.00 bits per heavy atom. The van der Waals surface area contributed by atoms with E-state index < -0.39 is 19.4 Å². The molecule has 0 amide bonds. The molecule has 0 aromatic rings. The predicted octanol–water partition coefficient (Wildman–Crippen LogP) is -4.91. The van der Waals surface area contributed by atoms with E-state index >= 15 is 0 Å². The Labute approximate surface area is 195 Å². The maximum Gasteiger partial charge on any atom is 2.00 e. The molecule has 0 bridgehead atoms. The quantitative estimate of drug-likeness (QED) is 0.149. The third kappa shape index (κ3) is 208. The molecule has 0 rings (SSSR count). The Morgan fingerprint density at radius 2 is 1.00 bits per heavy atom. The smallest absolute Gasteiger partial charge is 1.00 e. The van der Waals surface area contributed by atoms with E-state index in [9.17, 15) is 0 Å². The minimum atomic E-state index is -4.67. The van der Waals surface area contributed by atoms with Crippen molar-refractivity contribution < 1.29 is 45.3 Å². The first-order chi connectivity index (χ1) is 4.00. The van der Waals surface area contributed by atoms with Crippen molar-refractivity contribution in [2.45, 2.75) is 0 Å². The van der Waals surface area contributed by atoms with Gasteiger partial charge in [-0.2, -0.15) is 8.42 Å². The van der Waals surface area contributed by atoms with E-state index in [0.717, 1.165) is 0 Å². The van der Waals surface area contributed by atoms with Gasteiger partial charge in [-0.25, -0.2) is 0 Å². The molecule has 0 radical (unpaired) electrons. The monoisotopic (exact) mass is 480 g/mol. The van der Waals surface area contributed by atoms with Crippen molar-refractivity contribution >= 4 is 154 Å². The van der Waals surface area contributed by atoms with Gasteiger partial charge in [-0.3, -0.25) is 9.11 Å². The van der Waals surface area contributed by atoms with Crippen LogP contribution < -0.4 is 0 Å². The van der Waals surface area contributed by atoms with Gasteiger partial charge in [-0.05, 0) is 0 Å². The third-order valence-electron chi connectivity index (χ3n) is 0. The third-order valence-corrected chi connectivity index (χ3v) is 0. The molecule has 0 aliphatic heterocycles. The van der Waals surface area contributed by atoms with E-state index in [1.54, 1.807) is 0 Å². The molecule has 6 N–H and O–H groups in total. The molecule has 0 fully saturated rings. The second-order valence-corrected chi connectivity index (χ2v) is 3.14. The number of rotatable bonds is 0. The molecule has 0 aromatic heterocycles. The Morgan fingerprint density at radius 1 is 1.00 bits per heavy atom. The van der Waals surface area contributed by atoms with Crippen molar-refractivity contribution in [2.75, 3.05) is 0 Å². The summed E-state index contributed by atoms with van der Waals surface area (Å²) in [4.78, 5) is 29.3. The van der Waals surface area contributed by atoms with Gasteiger partial charge in [0.15, 0.2) is 17.4 Å². The van der Waals surface area contributed by atoms with Crippen LogP contribution in [0.4, 0.5) is 0 Å². The van der Waals surface area contributed by atoms with Crippen LogP contribution >= 0.6 is 0 Å². The first-order valence-electron chi connectivity index (χ1n) is 1.59. The van der Waals surface area contributed by atoms with Gasteiger partial charge < -0.3 is 27.7 Å². The summed E-state index contributed by atoms with van der Waals surface area (Å²) < 4.78 is 31.6. The van der Waals surface area contributed by atoms with E-state index in [1.807, 2.05) is 0 Å². The minimum Gasteiger partial charge on any atom is -1.00 e. The van der Waals surface area contributed by atoms with Crippen LogP contribution in [-0.4, -0.2) is 181 Å². The van der Waals surface area contributed by atoms with E-state index in [0.29, 0.717) is 0 Å². The van der Waals surface area contributed by atoms with Crippen LogP contribution in [0.1, 0.15) is 8.56 Å². The molecule has 8 nitrogen and oxygen atoms in total. The Bertz CT molecular complexity index is 182. The van der Waals surface area contributed by atoms with Crippen LogP contribution in [0, 0.1) is 0 Å². The topological polar surface area (TPSA) is 156 Å². The molecule has 0 heterocycles. The zero-order chi connectivity index (χ0) is 9.00. The van der Waals surface area contributed by atoms with Crippen LogP contribution in [0.5, 0.6) is 0 Å². The fourth-order valence-corrected chi connectivity index (χ4v) is 0. The van der Waals surface area contributed by atoms with Crippen molar-refractivity contribution in [3.8, 4) is 0 Å². The largest absolute Gasteiger partial charge is 2.00 e. The first kappa shape index (κ1) is 36.2. The maximum absolute atomic E-state index is 8.74. The summed E-state index contributed by atoms with van der Waals surface area (Å²) in [5, 5.41) is 0. The molecular formula is H15AlBaMgO8SSiSr. The fraction of sp³-hybridized carbons (Fsp3) is 0. The minimum absolute atomic E-state index is 0. The Hall–Kier alpha value is 4.28. The van der Waals surface area contributed by atoms with Crippen molar-refractivity contribution in [3.63, 3.8) is 0 Å². The Balaban J connectivity index is -0.00000000427. The molecule has 14 heavy (non-hydrogen) atoms. The van der Waals surface area contributed by atoms with E-state index in [4.69, 9.17) is 36.7 Å². The molecule has 82 valence electrons. The first-order valence-corrected chi connectivity index (χ1v) is 4.78. The average molecular weight is 479 g/mol. The average Bonchev–Trinajstić information content (AvgIpc) is 1.12. The van der Waals surface area contributed by atoms with Crippen LogP contribution in [-0.2, 0) is 10.4 Å². The number of hydrogen-bond acceptors (Lipinski definition) is 6. The molecule has 0 aromatic carbocycles. The van der Waals surface area contributed by atoms with Gasteiger partial charge in [0.1, 0.15) is 0 Å². The second kappa shape index (κ2) is 17.3. The molecular weight excluding hydrogens is 464 g/mol. The normalized spacial score (nSPS) is 8.43. The van der Waals surface area contributed by atoms with Crippen molar-refractivity contribution in [1.82, 2.24) is 0 Å². The zero-order valence-corrected chi connectivity index (χ0v) is 17.7. The standard InChI is InChI=1S/Al.Ba.Mg.H2O4S.H4O4Si.Sr.9H/c;;;2*1-5(2,3)4;;;;;;;;;;/h;;;(H2,1,2,3,4);1-4H;;;;;;;;;;/q;2*+2;;;+2;;;;6*-1. The summed E-state index contributed by atoms with van der Waals surface area (Å²) in [6.45, 7) is 0. The maximum atomic E-state index is 8.74. The van der Waals surface area contributed by atoms with Gasteiger partial charge in [0, 0.05) is 0 Å². The van der Waals surface area contributed by atoms with Crippen LogP contribution in [0.2, 0.25) is 0 Å². The molecule has 0 atom stereocenters. The summed E-state index contributed by atoms with van der Waals surface area (Å²) in [6.07, 6.45) is 0. The van der Waals surface area contributed by atoms with Crippen LogP contribution in [0.25, 0.3) is 0 Å². The van der Waals surface area contributed by atoms with Gasteiger partial charge in [-0.1, -0.05) is 0 Å².